The third-order valence-corrected chi connectivity index (χ3v) is 3.13. The molecule has 6 heteroatoms. The molecule has 17 heavy (non-hydrogen) atoms. The molecule has 1 heterocycles. The summed E-state index contributed by atoms with van der Waals surface area (Å²) < 4.78 is 1.49. The van der Waals surface area contributed by atoms with Crippen LogP contribution in [0.25, 0.3) is 0 Å². The summed E-state index contributed by atoms with van der Waals surface area (Å²) in [7, 11) is 1.69. The molecule has 1 aliphatic rings. The smallest absolute Gasteiger partial charge is 0.311 e. The number of hydrogen-bond acceptors (Lipinski definition) is 3. The SMILES string of the molecule is Cc1cc(C(=O)NCC2(C(=O)O)CC2)n(C)n1. The number of aliphatic carboxylic acids is 1. The van der Waals surface area contributed by atoms with Crippen LogP contribution in [0.1, 0.15) is 29.0 Å². The van der Waals surface area contributed by atoms with Crippen LogP contribution in [0.15, 0.2) is 6.07 Å². The van der Waals surface area contributed by atoms with Crippen molar-refractivity contribution in [2.45, 2.75) is 19.8 Å². The van der Waals surface area contributed by atoms with Gasteiger partial charge in [-0.25, -0.2) is 0 Å². The van der Waals surface area contributed by atoms with Crippen molar-refractivity contribution in [3.8, 4) is 0 Å². The maximum atomic E-state index is 11.8. The molecule has 1 aliphatic carbocycles. The standard InChI is InChI=1S/C11H15N3O3/c1-7-5-8(14(2)13-7)9(15)12-6-11(3-4-11)10(16)17/h5H,3-4,6H2,1-2H3,(H,12,15)(H,16,17). The van der Waals surface area contributed by atoms with Crippen molar-refractivity contribution >= 4 is 11.9 Å². The van der Waals surface area contributed by atoms with Gasteiger partial charge in [0, 0.05) is 13.6 Å². The number of carboxylic acids is 1. The number of nitrogens with zero attached hydrogens (tertiary/aromatic N) is 2. The molecule has 92 valence electrons. The summed E-state index contributed by atoms with van der Waals surface area (Å²) in [6.45, 7) is 1.99. The van der Waals surface area contributed by atoms with E-state index < -0.39 is 11.4 Å². The first kappa shape index (κ1) is 11.6. The summed E-state index contributed by atoms with van der Waals surface area (Å²) >= 11 is 0. The molecule has 0 unspecified atom stereocenters. The molecule has 1 amide bonds. The molecule has 1 aromatic heterocycles. The molecule has 0 bridgehead atoms. The molecule has 0 radical (unpaired) electrons. The lowest BCUT2D eigenvalue weighted by atomic mass is 10.1. The van der Waals surface area contributed by atoms with Gasteiger partial charge in [-0.2, -0.15) is 5.10 Å². The Balaban J connectivity index is 1.99. The third kappa shape index (κ3) is 2.15. The van der Waals surface area contributed by atoms with E-state index in [9.17, 15) is 9.59 Å². The van der Waals surface area contributed by atoms with E-state index in [0.29, 0.717) is 18.5 Å². The zero-order chi connectivity index (χ0) is 12.6. The summed E-state index contributed by atoms with van der Waals surface area (Å²) in [5.41, 5.74) is 0.476. The minimum Gasteiger partial charge on any atom is -0.481 e. The van der Waals surface area contributed by atoms with E-state index in [2.05, 4.69) is 10.4 Å². The van der Waals surface area contributed by atoms with Crippen LogP contribution in [0.4, 0.5) is 0 Å². The second kappa shape index (κ2) is 3.87. The number of amides is 1. The van der Waals surface area contributed by atoms with Gasteiger partial charge in [-0.3, -0.25) is 14.3 Å². The number of hydrogen-bond donors (Lipinski definition) is 2. The number of nitrogens with one attached hydrogen (secondary N) is 1. The van der Waals surface area contributed by atoms with Gasteiger partial charge in [-0.1, -0.05) is 0 Å². The van der Waals surface area contributed by atoms with Gasteiger partial charge in [0.05, 0.1) is 11.1 Å². The fourth-order valence-electron chi connectivity index (χ4n) is 1.78. The highest BCUT2D eigenvalue weighted by Gasteiger charge is 2.50. The Labute approximate surface area is 98.6 Å². The number of carbonyl (C=O) groups is 2. The van der Waals surface area contributed by atoms with E-state index in [-0.39, 0.29) is 12.5 Å². The van der Waals surface area contributed by atoms with Crippen LogP contribution in [-0.4, -0.2) is 33.3 Å². The first-order valence-corrected chi connectivity index (χ1v) is 5.47. The van der Waals surface area contributed by atoms with Gasteiger partial charge >= 0.3 is 5.97 Å². The summed E-state index contributed by atoms with van der Waals surface area (Å²) in [5, 5.41) is 15.7. The molecule has 2 rings (SSSR count). The quantitative estimate of drug-likeness (QED) is 0.790. The Bertz CT molecular complexity index is 474. The highest BCUT2D eigenvalue weighted by molar-refractivity contribution is 5.93. The van der Waals surface area contributed by atoms with Crippen molar-refractivity contribution in [1.82, 2.24) is 15.1 Å². The van der Waals surface area contributed by atoms with Crippen LogP contribution in [-0.2, 0) is 11.8 Å². The number of aromatic nitrogens is 2. The van der Waals surface area contributed by atoms with Crippen LogP contribution in [0, 0.1) is 12.3 Å². The second-order valence-corrected chi connectivity index (χ2v) is 4.56. The molecule has 1 saturated carbocycles. The molecule has 0 aliphatic heterocycles. The number of rotatable bonds is 4. The largest absolute Gasteiger partial charge is 0.481 e. The maximum absolute atomic E-state index is 11.8. The Morgan fingerprint density at radius 3 is 2.65 bits per heavy atom. The lowest BCUT2D eigenvalue weighted by Gasteiger charge is -2.10. The summed E-state index contributed by atoms with van der Waals surface area (Å²) in [4.78, 5) is 22.7. The maximum Gasteiger partial charge on any atom is 0.311 e. The molecule has 6 nitrogen and oxygen atoms in total. The number of carboxylic acid groups (broad SMARTS) is 1. The molecule has 0 aromatic carbocycles. The number of carbonyl (C=O) groups excluding carboxylic acids is 1. The molecule has 1 aromatic rings. The summed E-state index contributed by atoms with van der Waals surface area (Å²) in [6, 6.07) is 1.68. The third-order valence-electron chi connectivity index (χ3n) is 3.13. The van der Waals surface area contributed by atoms with Gasteiger partial charge in [0.1, 0.15) is 5.69 Å². The van der Waals surface area contributed by atoms with E-state index >= 15 is 0 Å². The summed E-state index contributed by atoms with van der Waals surface area (Å²) in [6.07, 6.45) is 1.26. The number of aryl methyl sites for hydroxylation is 2. The highest BCUT2D eigenvalue weighted by Crippen LogP contribution is 2.45. The highest BCUT2D eigenvalue weighted by atomic mass is 16.4. The normalized spacial score (nSPS) is 16.6. The lowest BCUT2D eigenvalue weighted by molar-refractivity contribution is -0.143. The van der Waals surface area contributed by atoms with E-state index in [1.807, 2.05) is 0 Å². The average molecular weight is 237 g/mol. The minimum absolute atomic E-state index is 0.186. The molecule has 0 saturated heterocycles. The Morgan fingerprint density at radius 1 is 1.59 bits per heavy atom. The van der Waals surface area contributed by atoms with Crippen molar-refractivity contribution in [2.75, 3.05) is 6.54 Å². The van der Waals surface area contributed by atoms with Gasteiger partial charge < -0.3 is 10.4 Å². The monoisotopic (exact) mass is 237 g/mol. The van der Waals surface area contributed by atoms with Crippen LogP contribution >= 0.6 is 0 Å². The van der Waals surface area contributed by atoms with Gasteiger partial charge in [0.2, 0.25) is 0 Å². The fraction of sp³-hybridized carbons (Fsp3) is 0.545. The molecule has 2 N–H and O–H groups in total. The van der Waals surface area contributed by atoms with Gasteiger partial charge in [0.15, 0.2) is 0 Å². The van der Waals surface area contributed by atoms with E-state index in [1.165, 1.54) is 4.68 Å². The van der Waals surface area contributed by atoms with Crippen molar-refractivity contribution < 1.29 is 14.7 Å². The Kier molecular flexibility index (Phi) is 2.65. The van der Waals surface area contributed by atoms with Crippen LogP contribution < -0.4 is 5.32 Å². The first-order valence-electron chi connectivity index (χ1n) is 5.47. The zero-order valence-corrected chi connectivity index (χ0v) is 9.86. The Hall–Kier alpha value is -1.85. The molecular weight excluding hydrogens is 222 g/mol. The average Bonchev–Trinajstić information content (AvgIpc) is 2.97. The second-order valence-electron chi connectivity index (χ2n) is 4.56. The van der Waals surface area contributed by atoms with E-state index in [1.54, 1.807) is 20.0 Å². The molecular formula is C11H15N3O3. The van der Waals surface area contributed by atoms with Crippen molar-refractivity contribution in [3.63, 3.8) is 0 Å². The molecule has 0 spiro atoms. The van der Waals surface area contributed by atoms with Gasteiger partial charge in [-0.15, -0.1) is 0 Å². The van der Waals surface area contributed by atoms with Gasteiger partial charge in [-0.05, 0) is 25.8 Å². The molecule has 1 fully saturated rings. The minimum atomic E-state index is -0.834. The van der Waals surface area contributed by atoms with Crippen molar-refractivity contribution in [1.29, 1.82) is 0 Å². The topological polar surface area (TPSA) is 84.2 Å². The van der Waals surface area contributed by atoms with Crippen molar-refractivity contribution in [3.05, 3.63) is 17.5 Å². The van der Waals surface area contributed by atoms with E-state index in [4.69, 9.17) is 5.11 Å². The first-order chi connectivity index (χ1) is 7.94. The fourth-order valence-corrected chi connectivity index (χ4v) is 1.78. The lowest BCUT2D eigenvalue weighted by Crippen LogP contribution is -2.35. The predicted octanol–water partition coefficient (Wildman–Crippen LogP) is 0.323. The van der Waals surface area contributed by atoms with Crippen LogP contribution in [0.5, 0.6) is 0 Å². The van der Waals surface area contributed by atoms with Crippen LogP contribution in [0.2, 0.25) is 0 Å². The van der Waals surface area contributed by atoms with Crippen molar-refractivity contribution in [2.24, 2.45) is 12.5 Å². The predicted molar refractivity (Wildman–Crippen MR) is 59.6 cm³/mol. The zero-order valence-electron chi connectivity index (χ0n) is 9.86. The Morgan fingerprint density at radius 2 is 2.24 bits per heavy atom. The van der Waals surface area contributed by atoms with Crippen LogP contribution in [0.3, 0.4) is 0 Å². The van der Waals surface area contributed by atoms with Gasteiger partial charge in [0.25, 0.3) is 5.91 Å². The molecule has 0 atom stereocenters. The summed E-state index contributed by atoms with van der Waals surface area (Å²) in [5.74, 6) is -1.11. The van der Waals surface area contributed by atoms with E-state index in [0.717, 1.165) is 5.69 Å².